The highest BCUT2D eigenvalue weighted by molar-refractivity contribution is 6.23. The van der Waals surface area contributed by atoms with Crippen LogP contribution in [0.4, 0.5) is 0 Å². The summed E-state index contributed by atoms with van der Waals surface area (Å²) in [4.78, 5) is 8.46. The molecule has 1 N–H and O–H groups in total. The van der Waals surface area contributed by atoms with E-state index in [1.54, 1.807) is 30.6 Å². The second kappa shape index (κ2) is 6.16. The molecule has 3 aromatic rings. The van der Waals surface area contributed by atoms with Crippen LogP contribution < -0.4 is 4.74 Å². The second-order valence-electron chi connectivity index (χ2n) is 5.46. The zero-order valence-corrected chi connectivity index (χ0v) is 13.4. The molecule has 0 radical (unpaired) electrons. The van der Waals surface area contributed by atoms with E-state index in [1.807, 2.05) is 24.3 Å². The van der Waals surface area contributed by atoms with Gasteiger partial charge >= 0.3 is 0 Å². The molecule has 0 saturated heterocycles. The standard InChI is InChI=1S/C19H14N4O2/c1-25-17-8-12(6-7-16(17)24)9-22-23-19-14-5-3-2-4-13(14)18-15(19)10-20-11-21-18/h2-11,24H,1H3/b22-9+,23-19-. The van der Waals surface area contributed by atoms with E-state index in [2.05, 4.69) is 20.2 Å². The third-order valence-corrected chi connectivity index (χ3v) is 3.97. The van der Waals surface area contributed by atoms with Gasteiger partial charge in [-0.2, -0.15) is 5.10 Å². The van der Waals surface area contributed by atoms with Crippen molar-refractivity contribution in [3.8, 4) is 22.8 Å². The van der Waals surface area contributed by atoms with E-state index in [1.165, 1.54) is 13.4 Å². The maximum Gasteiger partial charge on any atom is 0.161 e. The Balaban J connectivity index is 1.72. The largest absolute Gasteiger partial charge is 0.504 e. The van der Waals surface area contributed by atoms with Gasteiger partial charge in [-0.3, -0.25) is 0 Å². The lowest BCUT2D eigenvalue weighted by molar-refractivity contribution is 0.373. The normalized spacial score (nSPS) is 13.9. The molecule has 25 heavy (non-hydrogen) atoms. The lowest BCUT2D eigenvalue weighted by atomic mass is 10.1. The lowest BCUT2D eigenvalue weighted by Crippen LogP contribution is -1.98. The maximum atomic E-state index is 9.64. The molecule has 4 rings (SSSR count). The Bertz CT molecular complexity index is 964. The van der Waals surface area contributed by atoms with Crippen molar-refractivity contribution in [1.29, 1.82) is 0 Å². The van der Waals surface area contributed by atoms with E-state index in [9.17, 15) is 5.11 Å². The van der Waals surface area contributed by atoms with E-state index >= 15 is 0 Å². The number of fused-ring (bicyclic) bond motifs is 3. The van der Waals surface area contributed by atoms with Crippen LogP contribution in [-0.2, 0) is 0 Å². The number of ether oxygens (including phenoxy) is 1. The first-order valence-corrected chi connectivity index (χ1v) is 7.66. The van der Waals surface area contributed by atoms with Crippen LogP contribution in [0.5, 0.6) is 11.5 Å². The summed E-state index contributed by atoms with van der Waals surface area (Å²) >= 11 is 0. The van der Waals surface area contributed by atoms with Crippen molar-refractivity contribution >= 4 is 11.9 Å². The van der Waals surface area contributed by atoms with Crippen LogP contribution in [-0.4, -0.2) is 34.1 Å². The molecule has 6 heteroatoms. The third kappa shape index (κ3) is 2.63. The molecule has 0 bridgehead atoms. The topological polar surface area (TPSA) is 80.0 Å². The first-order valence-electron chi connectivity index (χ1n) is 7.66. The van der Waals surface area contributed by atoms with Crippen LogP contribution in [0.1, 0.15) is 16.7 Å². The van der Waals surface area contributed by atoms with Gasteiger partial charge in [-0.05, 0) is 23.8 Å². The molecule has 1 aromatic heterocycles. The van der Waals surface area contributed by atoms with Gasteiger partial charge in [-0.1, -0.05) is 24.3 Å². The summed E-state index contributed by atoms with van der Waals surface area (Å²) in [7, 11) is 1.50. The highest BCUT2D eigenvalue weighted by Crippen LogP contribution is 2.34. The van der Waals surface area contributed by atoms with Gasteiger partial charge in [0.05, 0.1) is 19.0 Å². The summed E-state index contributed by atoms with van der Waals surface area (Å²) < 4.78 is 5.09. The highest BCUT2D eigenvalue weighted by Gasteiger charge is 2.25. The average molecular weight is 330 g/mol. The number of phenolic OH excluding ortho intramolecular Hbond substituents is 1. The summed E-state index contributed by atoms with van der Waals surface area (Å²) in [6, 6.07) is 12.9. The van der Waals surface area contributed by atoms with Crippen molar-refractivity contribution in [1.82, 2.24) is 9.97 Å². The van der Waals surface area contributed by atoms with Gasteiger partial charge in [0, 0.05) is 22.9 Å². The molecule has 1 aliphatic rings. The van der Waals surface area contributed by atoms with Crippen LogP contribution in [0.25, 0.3) is 11.3 Å². The van der Waals surface area contributed by atoms with Gasteiger partial charge in [-0.25, -0.2) is 9.97 Å². The van der Waals surface area contributed by atoms with Crippen molar-refractivity contribution in [3.63, 3.8) is 0 Å². The minimum atomic E-state index is 0.0850. The van der Waals surface area contributed by atoms with Gasteiger partial charge in [0.2, 0.25) is 0 Å². The first-order chi connectivity index (χ1) is 12.3. The monoisotopic (exact) mass is 330 g/mol. The summed E-state index contributed by atoms with van der Waals surface area (Å²) in [5.74, 6) is 0.475. The second-order valence-corrected chi connectivity index (χ2v) is 5.46. The van der Waals surface area contributed by atoms with Crippen molar-refractivity contribution in [2.45, 2.75) is 0 Å². The minimum Gasteiger partial charge on any atom is -0.504 e. The molecule has 122 valence electrons. The molecule has 0 fully saturated rings. The fraction of sp³-hybridized carbons (Fsp3) is 0.0526. The Morgan fingerprint density at radius 1 is 1.08 bits per heavy atom. The molecule has 0 unspecified atom stereocenters. The van der Waals surface area contributed by atoms with E-state index in [4.69, 9.17) is 4.74 Å². The first kappa shape index (κ1) is 15.0. The Labute approximate surface area is 144 Å². The minimum absolute atomic E-state index is 0.0850. The predicted molar refractivity (Wildman–Crippen MR) is 95.4 cm³/mol. The van der Waals surface area contributed by atoms with E-state index in [-0.39, 0.29) is 5.75 Å². The zero-order chi connectivity index (χ0) is 17.2. The summed E-state index contributed by atoms with van der Waals surface area (Å²) in [5.41, 5.74) is 5.26. The van der Waals surface area contributed by atoms with Gasteiger partial charge in [0.1, 0.15) is 12.0 Å². The van der Waals surface area contributed by atoms with E-state index < -0.39 is 0 Å². The molecule has 2 aromatic carbocycles. The van der Waals surface area contributed by atoms with Gasteiger partial charge in [0.25, 0.3) is 0 Å². The molecular formula is C19H14N4O2. The van der Waals surface area contributed by atoms with Crippen molar-refractivity contribution in [3.05, 3.63) is 71.7 Å². The number of hydrogen-bond acceptors (Lipinski definition) is 6. The Kier molecular flexibility index (Phi) is 3.70. The van der Waals surface area contributed by atoms with Crippen LogP contribution in [0.3, 0.4) is 0 Å². The molecule has 1 aliphatic carbocycles. The fourth-order valence-electron chi connectivity index (χ4n) is 2.79. The Morgan fingerprint density at radius 2 is 1.92 bits per heavy atom. The van der Waals surface area contributed by atoms with Crippen LogP contribution >= 0.6 is 0 Å². The number of aromatic nitrogens is 2. The van der Waals surface area contributed by atoms with Crippen LogP contribution in [0.15, 0.2) is 65.2 Å². The molecule has 0 spiro atoms. The highest BCUT2D eigenvalue weighted by atomic mass is 16.5. The number of hydrogen-bond donors (Lipinski definition) is 1. The van der Waals surface area contributed by atoms with Gasteiger partial charge in [-0.15, -0.1) is 5.10 Å². The number of rotatable bonds is 3. The number of phenols is 1. The quantitative estimate of drug-likeness (QED) is 0.462. The number of benzene rings is 2. The van der Waals surface area contributed by atoms with Gasteiger partial charge < -0.3 is 9.84 Å². The number of nitrogens with zero attached hydrogens (tertiary/aromatic N) is 4. The summed E-state index contributed by atoms with van der Waals surface area (Å²) in [6.45, 7) is 0. The van der Waals surface area contributed by atoms with E-state index in [0.717, 1.165) is 33.7 Å². The Morgan fingerprint density at radius 3 is 2.76 bits per heavy atom. The molecular weight excluding hydrogens is 316 g/mol. The summed E-state index contributed by atoms with van der Waals surface area (Å²) in [6.07, 6.45) is 4.89. The molecule has 0 aliphatic heterocycles. The van der Waals surface area contributed by atoms with E-state index in [0.29, 0.717) is 5.75 Å². The lowest BCUT2D eigenvalue weighted by Gasteiger charge is -2.03. The van der Waals surface area contributed by atoms with Crippen LogP contribution in [0.2, 0.25) is 0 Å². The molecule has 1 heterocycles. The smallest absolute Gasteiger partial charge is 0.161 e. The zero-order valence-electron chi connectivity index (χ0n) is 13.4. The molecule has 6 nitrogen and oxygen atoms in total. The van der Waals surface area contributed by atoms with Crippen molar-refractivity contribution in [2.24, 2.45) is 10.2 Å². The predicted octanol–water partition coefficient (Wildman–Crippen LogP) is 3.04. The summed E-state index contributed by atoms with van der Waals surface area (Å²) in [5, 5.41) is 18.2. The van der Waals surface area contributed by atoms with Crippen molar-refractivity contribution < 1.29 is 9.84 Å². The molecule has 0 atom stereocenters. The SMILES string of the molecule is COc1cc(/C=N/N=C2/c3ccccc3-c3ncncc32)ccc1O. The molecule has 0 saturated carbocycles. The average Bonchev–Trinajstić information content (AvgIpc) is 2.97. The maximum absolute atomic E-state index is 9.64. The number of aromatic hydroxyl groups is 1. The van der Waals surface area contributed by atoms with Crippen LogP contribution in [0, 0.1) is 0 Å². The third-order valence-electron chi connectivity index (χ3n) is 3.97. The Hall–Kier alpha value is -3.54. The van der Waals surface area contributed by atoms with Crippen molar-refractivity contribution in [2.75, 3.05) is 7.11 Å². The fourth-order valence-corrected chi connectivity index (χ4v) is 2.79. The van der Waals surface area contributed by atoms with Gasteiger partial charge in [0.15, 0.2) is 11.5 Å². The number of methoxy groups -OCH3 is 1. The molecule has 0 amide bonds.